The lowest BCUT2D eigenvalue weighted by Gasteiger charge is -2.12. The molecule has 2 rings (SSSR count). The second kappa shape index (κ2) is 5.97. The zero-order valence-electron chi connectivity index (χ0n) is 11.3. The van der Waals surface area contributed by atoms with E-state index >= 15 is 0 Å². The Morgan fingerprint density at radius 3 is 2.57 bits per heavy atom. The van der Waals surface area contributed by atoms with Gasteiger partial charge in [0.15, 0.2) is 0 Å². The van der Waals surface area contributed by atoms with Crippen LogP contribution < -0.4 is 10.1 Å². The molecule has 2 N–H and O–H groups in total. The Hall–Kier alpha value is -1.70. The Bertz CT molecular complexity index is 621. The second-order valence-electron chi connectivity index (χ2n) is 4.46. The van der Waals surface area contributed by atoms with Gasteiger partial charge >= 0.3 is 6.36 Å². The van der Waals surface area contributed by atoms with Crippen molar-refractivity contribution in [2.24, 2.45) is 0 Å². The normalized spacial score (nSPS) is 11.5. The summed E-state index contributed by atoms with van der Waals surface area (Å²) in [6.45, 7) is 4.32. The first kappa shape index (κ1) is 15.7. The van der Waals surface area contributed by atoms with Gasteiger partial charge in [-0.1, -0.05) is 0 Å². The number of anilines is 1. The Labute approximate surface area is 127 Å². The van der Waals surface area contributed by atoms with Crippen LogP contribution >= 0.6 is 15.9 Å². The molecule has 0 saturated heterocycles. The van der Waals surface area contributed by atoms with Gasteiger partial charge in [0, 0.05) is 23.5 Å². The fourth-order valence-electron chi connectivity index (χ4n) is 1.84. The number of ether oxygens (including phenoxy) is 1. The zero-order valence-corrected chi connectivity index (χ0v) is 12.9. The van der Waals surface area contributed by atoms with Crippen molar-refractivity contribution in [2.75, 3.05) is 5.32 Å². The standard InChI is InChI=1S/C13H13BrF3N3O/c1-7-10(8(2)20-19-7)6-18-9-3-4-12(11(14)5-9)21-13(15,16)17/h3-5,18H,6H2,1-2H3,(H,19,20). The summed E-state index contributed by atoms with van der Waals surface area (Å²) in [6.07, 6.45) is -4.71. The molecule has 0 aliphatic heterocycles. The van der Waals surface area contributed by atoms with Crippen LogP contribution in [-0.2, 0) is 6.54 Å². The summed E-state index contributed by atoms with van der Waals surface area (Å²) in [5.74, 6) is -0.274. The smallest absolute Gasteiger partial charge is 0.405 e. The predicted molar refractivity (Wildman–Crippen MR) is 76.2 cm³/mol. The molecule has 1 heterocycles. The van der Waals surface area contributed by atoms with E-state index in [1.807, 2.05) is 13.8 Å². The third kappa shape index (κ3) is 4.13. The monoisotopic (exact) mass is 363 g/mol. The van der Waals surface area contributed by atoms with Crippen LogP contribution in [0.1, 0.15) is 17.0 Å². The van der Waals surface area contributed by atoms with Crippen molar-refractivity contribution in [3.05, 3.63) is 39.6 Å². The Kier molecular flexibility index (Phi) is 4.46. The highest BCUT2D eigenvalue weighted by molar-refractivity contribution is 9.10. The van der Waals surface area contributed by atoms with Crippen molar-refractivity contribution < 1.29 is 17.9 Å². The van der Waals surface area contributed by atoms with E-state index in [0.29, 0.717) is 12.2 Å². The highest BCUT2D eigenvalue weighted by Crippen LogP contribution is 2.32. The van der Waals surface area contributed by atoms with Crippen LogP contribution in [0, 0.1) is 13.8 Å². The minimum atomic E-state index is -4.71. The summed E-state index contributed by atoms with van der Waals surface area (Å²) < 4.78 is 40.6. The van der Waals surface area contributed by atoms with Crippen molar-refractivity contribution >= 4 is 21.6 Å². The van der Waals surface area contributed by atoms with Crippen LogP contribution in [0.15, 0.2) is 22.7 Å². The molecule has 1 aromatic carbocycles. The number of halogens is 4. The molecular formula is C13H13BrF3N3O. The maximum atomic E-state index is 12.2. The summed E-state index contributed by atoms with van der Waals surface area (Å²) >= 11 is 3.06. The van der Waals surface area contributed by atoms with Gasteiger partial charge in [-0.05, 0) is 48.0 Å². The van der Waals surface area contributed by atoms with Gasteiger partial charge in [0.05, 0.1) is 10.2 Å². The lowest BCUT2D eigenvalue weighted by Crippen LogP contribution is -2.17. The van der Waals surface area contributed by atoms with Crippen molar-refractivity contribution in [1.29, 1.82) is 0 Å². The summed E-state index contributed by atoms with van der Waals surface area (Å²) in [5.41, 5.74) is 3.55. The number of hydrogen-bond acceptors (Lipinski definition) is 3. The van der Waals surface area contributed by atoms with Crippen molar-refractivity contribution in [2.45, 2.75) is 26.8 Å². The molecule has 21 heavy (non-hydrogen) atoms. The number of H-pyrrole nitrogens is 1. The summed E-state index contributed by atoms with van der Waals surface area (Å²) in [6, 6.07) is 4.32. The number of nitrogens with zero attached hydrogens (tertiary/aromatic N) is 1. The van der Waals surface area contributed by atoms with E-state index in [0.717, 1.165) is 17.0 Å². The number of aromatic nitrogens is 2. The van der Waals surface area contributed by atoms with Gasteiger partial charge in [-0.3, -0.25) is 5.10 Å². The summed E-state index contributed by atoms with van der Waals surface area (Å²) in [7, 11) is 0. The molecule has 8 heteroatoms. The van der Waals surface area contributed by atoms with Crippen molar-refractivity contribution in [3.63, 3.8) is 0 Å². The Balaban J connectivity index is 2.07. The number of hydrogen-bond donors (Lipinski definition) is 2. The first-order valence-electron chi connectivity index (χ1n) is 6.06. The van der Waals surface area contributed by atoms with E-state index in [1.165, 1.54) is 18.2 Å². The molecule has 0 saturated carbocycles. The van der Waals surface area contributed by atoms with Crippen LogP contribution in [0.2, 0.25) is 0 Å². The molecule has 0 spiro atoms. The van der Waals surface area contributed by atoms with Crippen LogP contribution in [0.5, 0.6) is 5.75 Å². The maximum absolute atomic E-state index is 12.2. The number of alkyl halides is 3. The first-order valence-corrected chi connectivity index (χ1v) is 6.85. The maximum Gasteiger partial charge on any atom is 0.573 e. The Morgan fingerprint density at radius 2 is 2.05 bits per heavy atom. The molecule has 1 aromatic heterocycles. The molecule has 0 unspecified atom stereocenters. The zero-order chi connectivity index (χ0) is 15.6. The molecule has 0 amide bonds. The SMILES string of the molecule is Cc1n[nH]c(C)c1CNc1ccc(OC(F)(F)F)c(Br)c1. The quantitative estimate of drug-likeness (QED) is 0.851. The molecule has 0 aliphatic carbocycles. The van der Waals surface area contributed by atoms with E-state index in [2.05, 4.69) is 36.2 Å². The summed E-state index contributed by atoms with van der Waals surface area (Å²) in [5, 5.41) is 10.1. The average Bonchev–Trinajstić information content (AvgIpc) is 2.68. The number of rotatable bonds is 4. The topological polar surface area (TPSA) is 49.9 Å². The minimum Gasteiger partial charge on any atom is -0.405 e. The fraction of sp³-hybridized carbons (Fsp3) is 0.308. The van der Waals surface area contributed by atoms with Gasteiger partial charge in [-0.15, -0.1) is 13.2 Å². The third-order valence-electron chi connectivity index (χ3n) is 2.91. The van der Waals surface area contributed by atoms with E-state index in [4.69, 9.17) is 0 Å². The highest BCUT2D eigenvalue weighted by Gasteiger charge is 2.31. The van der Waals surface area contributed by atoms with E-state index in [1.54, 1.807) is 0 Å². The van der Waals surface area contributed by atoms with E-state index < -0.39 is 6.36 Å². The number of aryl methyl sites for hydroxylation is 2. The average molecular weight is 364 g/mol. The molecule has 2 aromatic rings. The number of benzene rings is 1. The van der Waals surface area contributed by atoms with Crippen molar-refractivity contribution in [1.82, 2.24) is 10.2 Å². The first-order chi connectivity index (χ1) is 9.76. The van der Waals surface area contributed by atoms with Gasteiger partial charge in [0.25, 0.3) is 0 Å². The van der Waals surface area contributed by atoms with Crippen molar-refractivity contribution in [3.8, 4) is 5.75 Å². The van der Waals surface area contributed by atoms with Gasteiger partial charge in [0.2, 0.25) is 0 Å². The van der Waals surface area contributed by atoms with Gasteiger partial charge in [-0.25, -0.2) is 0 Å². The predicted octanol–water partition coefficient (Wildman–Crippen LogP) is 4.30. The Morgan fingerprint density at radius 1 is 1.33 bits per heavy atom. The second-order valence-corrected chi connectivity index (χ2v) is 5.31. The minimum absolute atomic E-state index is 0.227. The number of aromatic amines is 1. The van der Waals surface area contributed by atoms with E-state index in [9.17, 15) is 13.2 Å². The lowest BCUT2D eigenvalue weighted by atomic mass is 10.2. The van der Waals surface area contributed by atoms with Crippen LogP contribution in [-0.4, -0.2) is 16.6 Å². The molecule has 114 valence electrons. The van der Waals surface area contributed by atoms with Gasteiger partial charge in [0.1, 0.15) is 5.75 Å². The molecular weight excluding hydrogens is 351 g/mol. The molecule has 0 radical (unpaired) electrons. The molecule has 0 atom stereocenters. The fourth-order valence-corrected chi connectivity index (χ4v) is 2.30. The molecule has 0 fully saturated rings. The largest absolute Gasteiger partial charge is 0.573 e. The van der Waals surface area contributed by atoms with Crippen LogP contribution in [0.25, 0.3) is 0 Å². The molecule has 4 nitrogen and oxygen atoms in total. The highest BCUT2D eigenvalue weighted by atomic mass is 79.9. The molecule has 0 bridgehead atoms. The van der Waals surface area contributed by atoms with Crippen LogP contribution in [0.4, 0.5) is 18.9 Å². The van der Waals surface area contributed by atoms with Gasteiger partial charge < -0.3 is 10.1 Å². The number of nitrogens with one attached hydrogen (secondary N) is 2. The van der Waals surface area contributed by atoms with Crippen LogP contribution in [0.3, 0.4) is 0 Å². The van der Waals surface area contributed by atoms with Gasteiger partial charge in [-0.2, -0.15) is 5.10 Å². The molecule has 0 aliphatic rings. The summed E-state index contributed by atoms with van der Waals surface area (Å²) in [4.78, 5) is 0. The van der Waals surface area contributed by atoms with E-state index in [-0.39, 0.29) is 10.2 Å². The lowest BCUT2D eigenvalue weighted by molar-refractivity contribution is -0.274. The third-order valence-corrected chi connectivity index (χ3v) is 3.53.